The van der Waals surface area contributed by atoms with E-state index in [9.17, 15) is 19.4 Å². The van der Waals surface area contributed by atoms with E-state index in [1.54, 1.807) is 0 Å². The Morgan fingerprint density at radius 3 is 2.56 bits per heavy atom. The summed E-state index contributed by atoms with van der Waals surface area (Å²) in [6.45, 7) is -0.518. The van der Waals surface area contributed by atoms with Gasteiger partial charge in [-0.25, -0.2) is 4.39 Å². The molecule has 1 amide bonds. The number of benzene rings is 1. The van der Waals surface area contributed by atoms with Crippen LogP contribution >= 0.6 is 0 Å². The molecule has 1 aromatic rings. The van der Waals surface area contributed by atoms with Crippen molar-refractivity contribution in [2.75, 3.05) is 0 Å². The maximum Gasteiger partial charge on any atom is 0.249 e. The van der Waals surface area contributed by atoms with Gasteiger partial charge in [0, 0.05) is 0 Å². The van der Waals surface area contributed by atoms with Crippen molar-refractivity contribution in [1.82, 2.24) is 0 Å². The average Bonchev–Trinajstić information content (AvgIpc) is 2.26. The lowest BCUT2D eigenvalue weighted by Gasteiger charge is -2.17. The minimum Gasteiger partial charge on any atom is -0.392 e. The predicted octanol–water partition coefficient (Wildman–Crippen LogP) is -0.802. The second kappa shape index (κ2) is 5.02. The molecule has 0 spiro atoms. The van der Waals surface area contributed by atoms with Crippen molar-refractivity contribution in [2.24, 2.45) is 5.73 Å². The average molecular weight is 229 g/mol. The van der Waals surface area contributed by atoms with Gasteiger partial charge in [0.2, 0.25) is 5.91 Å². The summed E-state index contributed by atoms with van der Waals surface area (Å²) in [6.07, 6.45) is -3.38. The Labute approximate surface area is 90.9 Å². The fourth-order valence-corrected chi connectivity index (χ4v) is 1.33. The zero-order valence-electron chi connectivity index (χ0n) is 8.30. The van der Waals surface area contributed by atoms with Gasteiger partial charge in [0.05, 0.1) is 6.61 Å². The zero-order valence-corrected chi connectivity index (χ0v) is 8.30. The lowest BCUT2D eigenvalue weighted by atomic mass is 9.98. The van der Waals surface area contributed by atoms with E-state index in [2.05, 4.69) is 0 Å². The smallest absolute Gasteiger partial charge is 0.249 e. The number of rotatable bonds is 4. The van der Waals surface area contributed by atoms with E-state index in [1.807, 2.05) is 0 Å². The third-order valence-electron chi connectivity index (χ3n) is 2.18. The summed E-state index contributed by atoms with van der Waals surface area (Å²) in [5.74, 6) is -1.69. The number of nitrogens with two attached hydrogens (primary N) is 1. The molecule has 0 aliphatic carbocycles. The first-order chi connectivity index (χ1) is 7.47. The van der Waals surface area contributed by atoms with E-state index in [1.165, 1.54) is 6.07 Å². The van der Waals surface area contributed by atoms with Gasteiger partial charge < -0.3 is 21.1 Å². The molecule has 2 unspecified atom stereocenters. The summed E-state index contributed by atoms with van der Waals surface area (Å²) >= 11 is 0. The van der Waals surface area contributed by atoms with E-state index >= 15 is 0 Å². The maximum atomic E-state index is 12.8. The Morgan fingerprint density at radius 1 is 1.44 bits per heavy atom. The summed E-state index contributed by atoms with van der Waals surface area (Å²) < 4.78 is 12.8. The number of carbonyl (C=O) groups is 1. The first-order valence-electron chi connectivity index (χ1n) is 4.52. The van der Waals surface area contributed by atoms with Crippen LogP contribution in [0.4, 0.5) is 4.39 Å². The van der Waals surface area contributed by atoms with Crippen molar-refractivity contribution in [2.45, 2.75) is 18.8 Å². The van der Waals surface area contributed by atoms with Crippen LogP contribution in [-0.4, -0.2) is 27.3 Å². The number of primary amides is 1. The van der Waals surface area contributed by atoms with Crippen LogP contribution in [-0.2, 0) is 11.4 Å². The van der Waals surface area contributed by atoms with E-state index in [0.29, 0.717) is 0 Å². The summed E-state index contributed by atoms with van der Waals surface area (Å²) in [5.41, 5.74) is 4.97. The number of carbonyl (C=O) groups excluding carboxylic acids is 1. The number of hydrogen-bond acceptors (Lipinski definition) is 4. The lowest BCUT2D eigenvalue weighted by molar-refractivity contribution is -0.132. The summed E-state index contributed by atoms with van der Waals surface area (Å²) in [6, 6.07) is 3.23. The largest absolute Gasteiger partial charge is 0.392 e. The van der Waals surface area contributed by atoms with Gasteiger partial charge in [-0.2, -0.15) is 0 Å². The van der Waals surface area contributed by atoms with E-state index in [0.717, 1.165) is 12.1 Å². The number of aliphatic hydroxyl groups excluding tert-OH is 3. The van der Waals surface area contributed by atoms with Gasteiger partial charge in [-0.3, -0.25) is 4.79 Å². The van der Waals surface area contributed by atoms with Crippen molar-refractivity contribution >= 4 is 5.91 Å². The third kappa shape index (κ3) is 2.54. The molecule has 0 saturated heterocycles. The van der Waals surface area contributed by atoms with Crippen LogP contribution in [0.2, 0.25) is 0 Å². The molecule has 0 aliphatic rings. The van der Waals surface area contributed by atoms with Gasteiger partial charge in [-0.05, 0) is 23.3 Å². The topological polar surface area (TPSA) is 104 Å². The Balaban J connectivity index is 3.07. The molecule has 1 rings (SSSR count). The molecule has 0 fully saturated rings. The van der Waals surface area contributed by atoms with Gasteiger partial charge >= 0.3 is 0 Å². The summed E-state index contributed by atoms with van der Waals surface area (Å²) in [5, 5.41) is 27.8. The van der Waals surface area contributed by atoms with Gasteiger partial charge in [0.25, 0.3) is 0 Å². The number of halogens is 1. The molecular formula is C10H12FNO4. The Bertz CT molecular complexity index is 396. The first-order valence-corrected chi connectivity index (χ1v) is 4.52. The molecule has 0 bridgehead atoms. The molecular weight excluding hydrogens is 217 g/mol. The molecule has 1 aromatic carbocycles. The molecule has 0 radical (unpaired) electrons. The van der Waals surface area contributed by atoms with Crippen molar-refractivity contribution in [3.8, 4) is 0 Å². The SMILES string of the molecule is NC(=O)C(O)C(O)c1ccc(F)cc1CO. The van der Waals surface area contributed by atoms with Gasteiger partial charge in [-0.1, -0.05) is 6.07 Å². The van der Waals surface area contributed by atoms with Crippen molar-refractivity contribution in [3.63, 3.8) is 0 Å². The Morgan fingerprint density at radius 2 is 2.06 bits per heavy atom. The van der Waals surface area contributed by atoms with Gasteiger partial charge in [-0.15, -0.1) is 0 Å². The first kappa shape index (κ1) is 12.6. The van der Waals surface area contributed by atoms with Crippen molar-refractivity contribution < 1.29 is 24.5 Å². The zero-order chi connectivity index (χ0) is 12.3. The van der Waals surface area contributed by atoms with E-state index < -0.39 is 30.5 Å². The highest BCUT2D eigenvalue weighted by Crippen LogP contribution is 2.22. The highest BCUT2D eigenvalue weighted by atomic mass is 19.1. The second-order valence-corrected chi connectivity index (χ2v) is 3.29. The fraction of sp³-hybridized carbons (Fsp3) is 0.300. The Hall–Kier alpha value is -1.50. The van der Waals surface area contributed by atoms with Crippen LogP contribution in [0.3, 0.4) is 0 Å². The molecule has 5 N–H and O–H groups in total. The highest BCUT2D eigenvalue weighted by Gasteiger charge is 2.25. The number of hydrogen-bond donors (Lipinski definition) is 4. The van der Waals surface area contributed by atoms with Crippen molar-refractivity contribution in [3.05, 3.63) is 35.1 Å². The molecule has 2 atom stereocenters. The highest BCUT2D eigenvalue weighted by molar-refractivity contribution is 5.79. The van der Waals surface area contributed by atoms with Crippen LogP contribution in [0.15, 0.2) is 18.2 Å². The third-order valence-corrected chi connectivity index (χ3v) is 2.18. The molecule has 0 aromatic heterocycles. The molecule has 88 valence electrons. The van der Waals surface area contributed by atoms with Crippen LogP contribution < -0.4 is 5.73 Å². The van der Waals surface area contributed by atoms with Crippen LogP contribution in [0.5, 0.6) is 0 Å². The predicted molar refractivity (Wildman–Crippen MR) is 52.5 cm³/mol. The molecule has 6 heteroatoms. The number of aliphatic hydroxyl groups is 3. The molecule has 5 nitrogen and oxygen atoms in total. The van der Waals surface area contributed by atoms with E-state index in [4.69, 9.17) is 10.8 Å². The van der Waals surface area contributed by atoms with E-state index in [-0.39, 0.29) is 11.1 Å². The van der Waals surface area contributed by atoms with Gasteiger partial charge in [0.1, 0.15) is 11.9 Å². The summed E-state index contributed by atoms with van der Waals surface area (Å²) in [7, 11) is 0. The molecule has 16 heavy (non-hydrogen) atoms. The quantitative estimate of drug-likeness (QED) is 0.542. The van der Waals surface area contributed by atoms with Crippen LogP contribution in [0.25, 0.3) is 0 Å². The minimum absolute atomic E-state index is 0.0650. The molecule has 0 aliphatic heterocycles. The maximum absolute atomic E-state index is 12.8. The lowest BCUT2D eigenvalue weighted by Crippen LogP contribution is -2.34. The fourth-order valence-electron chi connectivity index (χ4n) is 1.33. The molecule has 0 saturated carbocycles. The van der Waals surface area contributed by atoms with Crippen molar-refractivity contribution in [1.29, 1.82) is 0 Å². The summed E-state index contributed by atoms with van der Waals surface area (Å²) in [4.78, 5) is 10.7. The van der Waals surface area contributed by atoms with Gasteiger partial charge in [0.15, 0.2) is 6.10 Å². The number of amides is 1. The Kier molecular flexibility index (Phi) is 3.94. The molecule has 0 heterocycles. The standard InChI is InChI=1S/C10H12FNO4/c11-6-1-2-7(5(3-6)4-13)8(14)9(15)10(12)16/h1-3,8-9,13-15H,4H2,(H2,12,16). The second-order valence-electron chi connectivity index (χ2n) is 3.29. The van der Waals surface area contributed by atoms with Crippen LogP contribution in [0, 0.1) is 5.82 Å². The van der Waals surface area contributed by atoms with Crippen LogP contribution in [0.1, 0.15) is 17.2 Å². The minimum atomic E-state index is -1.80. The normalized spacial score (nSPS) is 14.5. The monoisotopic (exact) mass is 229 g/mol.